The van der Waals surface area contributed by atoms with Crippen LogP contribution < -0.4 is 18.9 Å². The number of rotatable bonds is 5. The molecule has 5 heteroatoms. The zero-order chi connectivity index (χ0) is 16.2. The molecule has 1 aliphatic rings. The third-order valence-electron chi connectivity index (χ3n) is 3.69. The number of aliphatic hydroxyl groups is 1. The number of benzene rings is 2. The number of hydrogen-bond acceptors (Lipinski definition) is 5. The molecule has 0 aliphatic carbocycles. The van der Waals surface area contributed by atoms with Crippen LogP contribution in [0, 0.1) is 0 Å². The highest BCUT2D eigenvalue weighted by Gasteiger charge is 2.18. The second kappa shape index (κ2) is 6.79. The second-order valence-corrected chi connectivity index (χ2v) is 5.15. The Morgan fingerprint density at radius 3 is 2.43 bits per heavy atom. The molecule has 0 amide bonds. The summed E-state index contributed by atoms with van der Waals surface area (Å²) in [6, 6.07) is 10.9. The summed E-state index contributed by atoms with van der Waals surface area (Å²) in [6.07, 6.45) is -0.782. The van der Waals surface area contributed by atoms with Crippen molar-refractivity contribution in [3.63, 3.8) is 0 Å². The summed E-state index contributed by atoms with van der Waals surface area (Å²) in [6.45, 7) is 3.50. The summed E-state index contributed by atoms with van der Waals surface area (Å²) >= 11 is 0. The van der Waals surface area contributed by atoms with Crippen LogP contribution >= 0.6 is 0 Å². The largest absolute Gasteiger partial charge is 0.493 e. The molecule has 23 heavy (non-hydrogen) atoms. The summed E-state index contributed by atoms with van der Waals surface area (Å²) in [5.74, 6) is 2.62. The highest BCUT2D eigenvalue weighted by atomic mass is 16.6. The Hall–Kier alpha value is -2.40. The summed E-state index contributed by atoms with van der Waals surface area (Å²) < 4.78 is 21.9. The quantitative estimate of drug-likeness (QED) is 0.919. The topological polar surface area (TPSA) is 57.2 Å². The van der Waals surface area contributed by atoms with Crippen LogP contribution in [0.3, 0.4) is 0 Å². The van der Waals surface area contributed by atoms with Gasteiger partial charge in [-0.1, -0.05) is 12.1 Å². The van der Waals surface area contributed by atoms with Crippen LogP contribution in [0.2, 0.25) is 0 Å². The smallest absolute Gasteiger partial charge is 0.161 e. The van der Waals surface area contributed by atoms with Crippen molar-refractivity contribution in [1.29, 1.82) is 0 Å². The number of methoxy groups -OCH3 is 1. The SMILES string of the molecule is CCOc1cc(C(O)c2ccc3c(c2)OCCO3)ccc1OC. The van der Waals surface area contributed by atoms with Crippen molar-refractivity contribution in [2.24, 2.45) is 0 Å². The maximum absolute atomic E-state index is 10.7. The van der Waals surface area contributed by atoms with Crippen LogP contribution in [0.4, 0.5) is 0 Å². The Bertz CT molecular complexity index is 683. The lowest BCUT2D eigenvalue weighted by Gasteiger charge is -2.20. The zero-order valence-electron chi connectivity index (χ0n) is 13.2. The van der Waals surface area contributed by atoms with Crippen molar-refractivity contribution in [3.05, 3.63) is 47.5 Å². The van der Waals surface area contributed by atoms with Crippen LogP contribution in [0.25, 0.3) is 0 Å². The molecule has 2 aromatic carbocycles. The van der Waals surface area contributed by atoms with Gasteiger partial charge in [0.15, 0.2) is 23.0 Å². The van der Waals surface area contributed by atoms with E-state index < -0.39 is 6.10 Å². The maximum atomic E-state index is 10.7. The minimum Gasteiger partial charge on any atom is -0.493 e. The van der Waals surface area contributed by atoms with Crippen LogP contribution in [-0.2, 0) is 0 Å². The van der Waals surface area contributed by atoms with E-state index in [1.165, 1.54) is 0 Å². The lowest BCUT2D eigenvalue weighted by Crippen LogP contribution is -2.15. The highest BCUT2D eigenvalue weighted by Crippen LogP contribution is 2.36. The molecule has 1 aliphatic heterocycles. The van der Waals surface area contributed by atoms with Gasteiger partial charge >= 0.3 is 0 Å². The van der Waals surface area contributed by atoms with Crippen molar-refractivity contribution in [1.82, 2.24) is 0 Å². The molecular formula is C18H20O5. The summed E-state index contributed by atoms with van der Waals surface area (Å²) in [7, 11) is 1.59. The van der Waals surface area contributed by atoms with E-state index in [4.69, 9.17) is 18.9 Å². The Balaban J connectivity index is 1.90. The number of aliphatic hydroxyl groups excluding tert-OH is 1. The van der Waals surface area contributed by atoms with Gasteiger partial charge in [-0.05, 0) is 42.3 Å². The first-order valence-corrected chi connectivity index (χ1v) is 7.61. The molecule has 1 unspecified atom stereocenters. The monoisotopic (exact) mass is 316 g/mol. The highest BCUT2D eigenvalue weighted by molar-refractivity contribution is 5.48. The normalized spacial score (nSPS) is 14.2. The van der Waals surface area contributed by atoms with Gasteiger partial charge in [-0.3, -0.25) is 0 Å². The fraction of sp³-hybridized carbons (Fsp3) is 0.333. The van der Waals surface area contributed by atoms with E-state index in [0.29, 0.717) is 42.8 Å². The van der Waals surface area contributed by atoms with Crippen molar-refractivity contribution < 1.29 is 24.1 Å². The van der Waals surface area contributed by atoms with Crippen molar-refractivity contribution in [2.75, 3.05) is 26.9 Å². The third-order valence-corrected chi connectivity index (χ3v) is 3.69. The Morgan fingerprint density at radius 1 is 1.00 bits per heavy atom. The molecule has 0 fully saturated rings. The molecular weight excluding hydrogens is 296 g/mol. The average molecular weight is 316 g/mol. The van der Waals surface area contributed by atoms with Crippen LogP contribution in [0.1, 0.15) is 24.2 Å². The Kier molecular flexibility index (Phi) is 4.57. The molecule has 0 saturated carbocycles. The van der Waals surface area contributed by atoms with Gasteiger partial charge < -0.3 is 24.1 Å². The Morgan fingerprint density at radius 2 is 1.70 bits per heavy atom. The van der Waals surface area contributed by atoms with E-state index in [9.17, 15) is 5.11 Å². The fourth-order valence-corrected chi connectivity index (χ4v) is 2.55. The van der Waals surface area contributed by atoms with Crippen LogP contribution in [0.15, 0.2) is 36.4 Å². The first kappa shape index (κ1) is 15.5. The van der Waals surface area contributed by atoms with Gasteiger partial charge in [0.2, 0.25) is 0 Å². The summed E-state index contributed by atoms with van der Waals surface area (Å²) in [5.41, 5.74) is 1.47. The summed E-state index contributed by atoms with van der Waals surface area (Å²) in [5, 5.41) is 10.7. The fourth-order valence-electron chi connectivity index (χ4n) is 2.55. The lowest BCUT2D eigenvalue weighted by molar-refractivity contribution is 0.169. The third kappa shape index (κ3) is 3.19. The second-order valence-electron chi connectivity index (χ2n) is 5.15. The van der Waals surface area contributed by atoms with E-state index in [-0.39, 0.29) is 0 Å². The first-order valence-electron chi connectivity index (χ1n) is 7.61. The molecule has 5 nitrogen and oxygen atoms in total. The lowest BCUT2D eigenvalue weighted by atomic mass is 10.0. The van der Waals surface area contributed by atoms with E-state index in [1.807, 2.05) is 31.2 Å². The standard InChI is InChI=1S/C18H20O5/c1-3-21-16-10-12(4-6-14(16)20-2)18(19)13-5-7-15-17(11-13)23-9-8-22-15/h4-7,10-11,18-19H,3,8-9H2,1-2H3. The van der Waals surface area contributed by atoms with Gasteiger partial charge in [0.1, 0.15) is 19.3 Å². The van der Waals surface area contributed by atoms with Crippen LogP contribution in [0.5, 0.6) is 23.0 Å². The minimum atomic E-state index is -0.782. The predicted octanol–water partition coefficient (Wildman–Crippen LogP) is 2.95. The molecule has 0 radical (unpaired) electrons. The van der Waals surface area contributed by atoms with Crippen LogP contribution in [-0.4, -0.2) is 32.0 Å². The van der Waals surface area contributed by atoms with Gasteiger partial charge in [-0.2, -0.15) is 0 Å². The van der Waals surface area contributed by atoms with Gasteiger partial charge in [0.25, 0.3) is 0 Å². The molecule has 1 atom stereocenters. The molecule has 3 rings (SSSR count). The van der Waals surface area contributed by atoms with E-state index >= 15 is 0 Å². The number of ether oxygens (including phenoxy) is 4. The summed E-state index contributed by atoms with van der Waals surface area (Å²) in [4.78, 5) is 0. The zero-order valence-corrected chi connectivity index (χ0v) is 13.2. The van der Waals surface area contributed by atoms with E-state index in [0.717, 1.165) is 11.1 Å². The molecule has 0 spiro atoms. The van der Waals surface area contributed by atoms with Crippen molar-refractivity contribution >= 4 is 0 Å². The molecule has 0 saturated heterocycles. The van der Waals surface area contributed by atoms with Gasteiger partial charge in [0.05, 0.1) is 13.7 Å². The predicted molar refractivity (Wildman–Crippen MR) is 85.7 cm³/mol. The Labute approximate surface area is 135 Å². The van der Waals surface area contributed by atoms with Gasteiger partial charge in [-0.15, -0.1) is 0 Å². The van der Waals surface area contributed by atoms with Gasteiger partial charge in [-0.25, -0.2) is 0 Å². The molecule has 0 aromatic heterocycles. The number of fused-ring (bicyclic) bond motifs is 1. The molecule has 1 N–H and O–H groups in total. The molecule has 122 valence electrons. The minimum absolute atomic E-state index is 0.517. The van der Waals surface area contributed by atoms with Crippen molar-refractivity contribution in [2.45, 2.75) is 13.0 Å². The maximum Gasteiger partial charge on any atom is 0.161 e. The molecule has 2 aromatic rings. The van der Waals surface area contributed by atoms with Gasteiger partial charge in [0, 0.05) is 0 Å². The van der Waals surface area contributed by atoms with E-state index in [2.05, 4.69) is 0 Å². The molecule has 0 bridgehead atoms. The first-order chi connectivity index (χ1) is 11.2. The van der Waals surface area contributed by atoms with Crippen molar-refractivity contribution in [3.8, 4) is 23.0 Å². The van der Waals surface area contributed by atoms with E-state index in [1.54, 1.807) is 19.2 Å². The molecule has 1 heterocycles. The number of hydrogen-bond donors (Lipinski definition) is 1. The average Bonchev–Trinajstić information content (AvgIpc) is 2.61.